The molecule has 0 bridgehead atoms. The lowest BCUT2D eigenvalue weighted by atomic mass is 10.2. The highest BCUT2D eigenvalue weighted by atomic mass is 32.2. The topological polar surface area (TPSA) is 69.4 Å². The van der Waals surface area contributed by atoms with E-state index in [2.05, 4.69) is 0 Å². The van der Waals surface area contributed by atoms with Crippen LogP contribution in [0.2, 0.25) is 0 Å². The molecule has 0 amide bonds. The van der Waals surface area contributed by atoms with E-state index in [0.717, 1.165) is 0 Å². The molecular formula is C8H11NO3S. The molecule has 0 unspecified atom stereocenters. The fourth-order valence-corrected chi connectivity index (χ4v) is 1.83. The van der Waals surface area contributed by atoms with Crippen molar-refractivity contribution in [1.29, 1.82) is 0 Å². The first-order valence-electron chi connectivity index (χ1n) is 3.62. The Bertz CT molecular complexity index is 411. The van der Waals surface area contributed by atoms with Crippen LogP contribution in [0.4, 0.5) is 0 Å². The lowest BCUT2D eigenvalue weighted by molar-refractivity contribution is 0.414. The minimum atomic E-state index is -3.61. The Hall–Kier alpha value is -1.07. The summed E-state index contributed by atoms with van der Waals surface area (Å²) in [6.07, 6.45) is 0. The molecule has 13 heavy (non-hydrogen) atoms. The van der Waals surface area contributed by atoms with Crippen molar-refractivity contribution in [3.8, 4) is 5.75 Å². The van der Waals surface area contributed by atoms with Gasteiger partial charge in [0.1, 0.15) is 5.75 Å². The zero-order valence-corrected chi connectivity index (χ0v) is 8.26. The summed E-state index contributed by atoms with van der Waals surface area (Å²) >= 11 is 0. The minimum Gasteiger partial charge on any atom is -0.497 e. The molecule has 0 atom stereocenters. The molecule has 0 fully saturated rings. The second-order valence-corrected chi connectivity index (χ2v) is 4.21. The molecule has 5 heteroatoms. The van der Waals surface area contributed by atoms with E-state index in [1.54, 1.807) is 19.1 Å². The molecule has 0 aromatic heterocycles. The summed E-state index contributed by atoms with van der Waals surface area (Å²) in [6, 6.07) is 4.62. The summed E-state index contributed by atoms with van der Waals surface area (Å²) in [5, 5.41) is 4.98. The van der Waals surface area contributed by atoms with Gasteiger partial charge in [0.2, 0.25) is 10.0 Å². The van der Waals surface area contributed by atoms with Crippen LogP contribution in [0.15, 0.2) is 23.1 Å². The quantitative estimate of drug-likeness (QED) is 0.763. The van der Waals surface area contributed by atoms with E-state index in [1.807, 2.05) is 0 Å². The van der Waals surface area contributed by atoms with Gasteiger partial charge in [0.05, 0.1) is 12.0 Å². The van der Waals surface area contributed by atoms with E-state index in [-0.39, 0.29) is 4.90 Å². The molecule has 0 saturated heterocycles. The van der Waals surface area contributed by atoms with E-state index in [9.17, 15) is 8.42 Å². The van der Waals surface area contributed by atoms with Crippen molar-refractivity contribution in [2.45, 2.75) is 11.8 Å². The summed E-state index contributed by atoms with van der Waals surface area (Å²) in [7, 11) is -2.09. The summed E-state index contributed by atoms with van der Waals surface area (Å²) in [4.78, 5) is 0.133. The van der Waals surface area contributed by atoms with Crippen LogP contribution < -0.4 is 9.88 Å². The SMILES string of the molecule is COc1ccc(S(N)(=O)=O)c(C)c1. The lowest BCUT2D eigenvalue weighted by Crippen LogP contribution is -2.13. The molecule has 1 aromatic carbocycles. The Morgan fingerprint density at radius 2 is 2.00 bits per heavy atom. The summed E-state index contributed by atoms with van der Waals surface area (Å²) in [5.74, 6) is 0.616. The summed E-state index contributed by atoms with van der Waals surface area (Å²) in [5.41, 5.74) is 0.585. The highest BCUT2D eigenvalue weighted by molar-refractivity contribution is 7.89. The highest BCUT2D eigenvalue weighted by Crippen LogP contribution is 2.19. The average molecular weight is 201 g/mol. The van der Waals surface area contributed by atoms with Crippen molar-refractivity contribution in [1.82, 2.24) is 0 Å². The number of rotatable bonds is 2. The predicted octanol–water partition coefficient (Wildman–Crippen LogP) is 0.651. The Balaban J connectivity index is 3.29. The van der Waals surface area contributed by atoms with Crippen LogP contribution in [0, 0.1) is 6.92 Å². The third kappa shape index (κ3) is 2.19. The summed E-state index contributed by atoms with van der Waals surface area (Å²) in [6.45, 7) is 1.67. The maximum atomic E-state index is 11.0. The van der Waals surface area contributed by atoms with Crippen LogP contribution in [-0.2, 0) is 10.0 Å². The van der Waals surface area contributed by atoms with E-state index in [1.165, 1.54) is 13.2 Å². The van der Waals surface area contributed by atoms with Gasteiger partial charge >= 0.3 is 0 Å². The maximum Gasteiger partial charge on any atom is 0.238 e. The molecule has 0 heterocycles. The monoisotopic (exact) mass is 201 g/mol. The predicted molar refractivity (Wildman–Crippen MR) is 49.1 cm³/mol. The molecular weight excluding hydrogens is 190 g/mol. The number of nitrogens with two attached hydrogens (primary N) is 1. The number of primary sulfonamides is 1. The van der Waals surface area contributed by atoms with Crippen molar-refractivity contribution < 1.29 is 13.2 Å². The van der Waals surface area contributed by atoms with Crippen LogP contribution >= 0.6 is 0 Å². The molecule has 72 valence electrons. The Morgan fingerprint density at radius 3 is 2.38 bits per heavy atom. The number of methoxy groups -OCH3 is 1. The molecule has 0 aliphatic rings. The standard InChI is InChI=1S/C8H11NO3S/c1-6-5-7(12-2)3-4-8(6)13(9,10)11/h3-5H,1-2H3,(H2,9,10,11). The second kappa shape index (κ2) is 3.35. The van der Waals surface area contributed by atoms with Crippen LogP contribution in [0.3, 0.4) is 0 Å². The average Bonchev–Trinajstić information content (AvgIpc) is 2.01. The van der Waals surface area contributed by atoms with Crippen molar-refractivity contribution in [3.05, 3.63) is 23.8 Å². The maximum absolute atomic E-state index is 11.0. The van der Waals surface area contributed by atoms with Gasteiger partial charge in [0, 0.05) is 0 Å². The Morgan fingerprint density at radius 1 is 1.38 bits per heavy atom. The minimum absolute atomic E-state index is 0.133. The van der Waals surface area contributed by atoms with Gasteiger partial charge in [-0.1, -0.05) is 0 Å². The smallest absolute Gasteiger partial charge is 0.238 e. The van der Waals surface area contributed by atoms with E-state index in [4.69, 9.17) is 9.88 Å². The molecule has 2 N–H and O–H groups in total. The van der Waals surface area contributed by atoms with Gasteiger partial charge in [-0.05, 0) is 30.7 Å². The number of hydrogen-bond acceptors (Lipinski definition) is 3. The van der Waals surface area contributed by atoms with Gasteiger partial charge in [-0.3, -0.25) is 0 Å². The molecule has 1 rings (SSSR count). The molecule has 0 saturated carbocycles. The van der Waals surface area contributed by atoms with Crippen LogP contribution in [-0.4, -0.2) is 15.5 Å². The second-order valence-electron chi connectivity index (χ2n) is 2.68. The fraction of sp³-hybridized carbons (Fsp3) is 0.250. The van der Waals surface area contributed by atoms with Crippen LogP contribution in [0.5, 0.6) is 5.75 Å². The van der Waals surface area contributed by atoms with Crippen LogP contribution in [0.1, 0.15) is 5.56 Å². The highest BCUT2D eigenvalue weighted by Gasteiger charge is 2.11. The van der Waals surface area contributed by atoms with E-state index >= 15 is 0 Å². The largest absolute Gasteiger partial charge is 0.497 e. The normalized spacial score (nSPS) is 11.3. The molecule has 1 aromatic rings. The van der Waals surface area contributed by atoms with E-state index in [0.29, 0.717) is 11.3 Å². The third-order valence-corrected chi connectivity index (χ3v) is 2.76. The van der Waals surface area contributed by atoms with Crippen LogP contribution in [0.25, 0.3) is 0 Å². The fourth-order valence-electron chi connectivity index (χ4n) is 1.07. The van der Waals surface area contributed by atoms with Gasteiger partial charge in [-0.25, -0.2) is 13.6 Å². The lowest BCUT2D eigenvalue weighted by Gasteiger charge is -2.05. The number of benzene rings is 1. The molecule has 0 aliphatic carbocycles. The van der Waals surface area contributed by atoms with Crippen molar-refractivity contribution in [3.63, 3.8) is 0 Å². The van der Waals surface area contributed by atoms with Gasteiger partial charge < -0.3 is 4.74 Å². The molecule has 0 aliphatic heterocycles. The Labute approximate surface area is 77.4 Å². The molecule has 4 nitrogen and oxygen atoms in total. The Kier molecular flexibility index (Phi) is 2.58. The van der Waals surface area contributed by atoms with Crippen molar-refractivity contribution >= 4 is 10.0 Å². The molecule has 0 radical (unpaired) electrons. The first-order chi connectivity index (χ1) is 5.95. The van der Waals surface area contributed by atoms with Gasteiger partial charge in [-0.15, -0.1) is 0 Å². The zero-order valence-electron chi connectivity index (χ0n) is 7.44. The number of aryl methyl sites for hydroxylation is 1. The zero-order chi connectivity index (χ0) is 10.1. The first kappa shape index (κ1) is 10.0. The number of ether oxygens (including phenoxy) is 1. The van der Waals surface area contributed by atoms with Crippen molar-refractivity contribution in [2.24, 2.45) is 5.14 Å². The summed E-state index contributed by atoms with van der Waals surface area (Å²) < 4.78 is 26.9. The van der Waals surface area contributed by atoms with Gasteiger partial charge in [0.15, 0.2) is 0 Å². The third-order valence-electron chi connectivity index (χ3n) is 1.69. The van der Waals surface area contributed by atoms with E-state index < -0.39 is 10.0 Å². The number of hydrogen-bond donors (Lipinski definition) is 1. The number of sulfonamides is 1. The first-order valence-corrected chi connectivity index (χ1v) is 5.17. The van der Waals surface area contributed by atoms with Gasteiger partial charge in [0.25, 0.3) is 0 Å². The molecule has 0 spiro atoms. The van der Waals surface area contributed by atoms with Gasteiger partial charge in [-0.2, -0.15) is 0 Å². The van der Waals surface area contributed by atoms with Crippen molar-refractivity contribution in [2.75, 3.05) is 7.11 Å².